The van der Waals surface area contributed by atoms with Crippen LogP contribution >= 0.6 is 0 Å². The van der Waals surface area contributed by atoms with E-state index in [2.05, 4.69) is 24.3 Å². The number of hydrogen-bond acceptors (Lipinski definition) is 3. The zero-order valence-corrected chi connectivity index (χ0v) is 19.0. The van der Waals surface area contributed by atoms with Crippen molar-refractivity contribution < 1.29 is 13.2 Å². The number of carbonyl (C=O) groups excluding carboxylic acids is 1. The number of fused-ring (bicyclic) bond motifs is 3. The standard InChI is InChI=1S/C25H27N3O3S/c1-26-18-21(32(30,31)28-13-7-2-8-14-28)15-24(26)25(29)27-16-19-9-3-5-11-22(19)23-12-6-4-10-20(23)17-27/h3-6,9-12,15,18H,2,7-8,13-14,16-17H2,1H3. The average molecular weight is 450 g/mol. The van der Waals surface area contributed by atoms with Crippen molar-refractivity contribution in [2.75, 3.05) is 13.1 Å². The van der Waals surface area contributed by atoms with E-state index in [1.165, 1.54) is 6.07 Å². The number of hydrogen-bond donors (Lipinski definition) is 0. The van der Waals surface area contributed by atoms with Crippen LogP contribution in [0.15, 0.2) is 65.7 Å². The second kappa shape index (κ2) is 8.22. The van der Waals surface area contributed by atoms with Gasteiger partial charge in [0.2, 0.25) is 10.0 Å². The fraction of sp³-hybridized carbons (Fsp3) is 0.320. The van der Waals surface area contributed by atoms with Gasteiger partial charge in [-0.15, -0.1) is 0 Å². The van der Waals surface area contributed by atoms with Gasteiger partial charge in [-0.3, -0.25) is 4.79 Å². The van der Waals surface area contributed by atoms with E-state index in [4.69, 9.17) is 0 Å². The van der Waals surface area contributed by atoms with Gasteiger partial charge < -0.3 is 9.47 Å². The molecule has 5 rings (SSSR count). The Labute approximate surface area is 189 Å². The number of nitrogens with zero attached hydrogens (tertiary/aromatic N) is 3. The second-order valence-corrected chi connectivity index (χ2v) is 10.6. The summed E-state index contributed by atoms with van der Waals surface area (Å²) in [6.07, 6.45) is 4.38. The van der Waals surface area contributed by atoms with E-state index >= 15 is 0 Å². The topological polar surface area (TPSA) is 62.6 Å². The maximum atomic E-state index is 13.6. The SMILES string of the molecule is Cn1cc(S(=O)(=O)N2CCCCC2)cc1C(=O)N1Cc2ccccc2-c2ccccc2C1. The first-order chi connectivity index (χ1) is 15.4. The molecule has 166 valence electrons. The van der Waals surface area contributed by atoms with Gasteiger partial charge in [0.25, 0.3) is 5.91 Å². The Morgan fingerprint density at radius 2 is 1.41 bits per heavy atom. The molecular weight excluding hydrogens is 422 g/mol. The van der Waals surface area contributed by atoms with Crippen LogP contribution in [0.4, 0.5) is 0 Å². The van der Waals surface area contributed by atoms with Crippen molar-refractivity contribution >= 4 is 15.9 Å². The lowest BCUT2D eigenvalue weighted by Gasteiger charge is -2.25. The third-order valence-corrected chi connectivity index (χ3v) is 8.35. The van der Waals surface area contributed by atoms with E-state index in [9.17, 15) is 13.2 Å². The molecule has 0 N–H and O–H groups in total. The Hall–Kier alpha value is -2.90. The molecule has 7 heteroatoms. The molecule has 1 saturated heterocycles. The zero-order chi connectivity index (χ0) is 22.3. The van der Waals surface area contributed by atoms with Gasteiger partial charge in [-0.25, -0.2) is 8.42 Å². The van der Waals surface area contributed by atoms with Gasteiger partial charge in [-0.1, -0.05) is 55.0 Å². The van der Waals surface area contributed by atoms with Crippen LogP contribution in [0.1, 0.15) is 40.9 Å². The van der Waals surface area contributed by atoms with Gasteiger partial charge in [0.1, 0.15) is 10.6 Å². The number of amides is 1. The highest BCUT2D eigenvalue weighted by Crippen LogP contribution is 2.33. The Bertz CT molecular complexity index is 1230. The summed E-state index contributed by atoms with van der Waals surface area (Å²) in [5.74, 6) is -0.167. The van der Waals surface area contributed by atoms with Crippen LogP contribution in [-0.2, 0) is 30.2 Å². The molecule has 32 heavy (non-hydrogen) atoms. The van der Waals surface area contributed by atoms with E-state index in [0.29, 0.717) is 31.9 Å². The lowest BCUT2D eigenvalue weighted by Crippen LogP contribution is -2.35. The fourth-order valence-electron chi connectivity index (χ4n) is 4.76. The Morgan fingerprint density at radius 3 is 2.00 bits per heavy atom. The molecule has 1 aromatic heterocycles. The summed E-state index contributed by atoms with van der Waals surface area (Å²) in [7, 11) is -1.85. The molecule has 0 atom stereocenters. The van der Waals surface area contributed by atoms with E-state index in [1.54, 1.807) is 27.0 Å². The van der Waals surface area contributed by atoms with Gasteiger partial charge in [0, 0.05) is 39.4 Å². The molecule has 2 aromatic carbocycles. The molecule has 3 heterocycles. The van der Waals surface area contributed by atoms with Crippen LogP contribution in [0.2, 0.25) is 0 Å². The molecule has 1 amide bonds. The van der Waals surface area contributed by atoms with Crippen molar-refractivity contribution in [3.63, 3.8) is 0 Å². The maximum absolute atomic E-state index is 13.6. The lowest BCUT2D eigenvalue weighted by molar-refractivity contribution is 0.0722. The number of aromatic nitrogens is 1. The Balaban J connectivity index is 1.49. The van der Waals surface area contributed by atoms with Crippen molar-refractivity contribution in [2.45, 2.75) is 37.2 Å². The third-order valence-electron chi connectivity index (χ3n) is 6.49. The molecule has 2 aliphatic heterocycles. The molecule has 2 aliphatic rings. The highest BCUT2D eigenvalue weighted by atomic mass is 32.2. The van der Waals surface area contributed by atoms with Crippen LogP contribution in [0, 0.1) is 0 Å². The molecule has 0 radical (unpaired) electrons. The zero-order valence-electron chi connectivity index (χ0n) is 18.2. The molecule has 1 fully saturated rings. The number of piperidine rings is 1. The first kappa shape index (κ1) is 21.0. The fourth-order valence-corrected chi connectivity index (χ4v) is 6.35. The van der Waals surface area contributed by atoms with Crippen LogP contribution < -0.4 is 0 Å². The van der Waals surface area contributed by atoms with Gasteiger partial charge in [-0.05, 0) is 41.2 Å². The van der Waals surface area contributed by atoms with E-state index < -0.39 is 10.0 Å². The summed E-state index contributed by atoms with van der Waals surface area (Å²) in [6, 6.07) is 17.8. The monoisotopic (exact) mass is 449 g/mol. The highest BCUT2D eigenvalue weighted by Gasteiger charge is 2.30. The van der Waals surface area contributed by atoms with Crippen molar-refractivity contribution in [3.8, 4) is 11.1 Å². The molecular formula is C25H27N3O3S. The summed E-state index contributed by atoms with van der Waals surface area (Å²) < 4.78 is 29.4. The van der Waals surface area contributed by atoms with E-state index in [-0.39, 0.29) is 10.8 Å². The summed E-state index contributed by atoms with van der Waals surface area (Å²) in [5, 5.41) is 0. The number of carbonyl (C=O) groups is 1. The van der Waals surface area contributed by atoms with Crippen LogP contribution in [0.5, 0.6) is 0 Å². The molecule has 0 spiro atoms. The quantitative estimate of drug-likeness (QED) is 0.607. The Kier molecular flexibility index (Phi) is 5.39. The largest absolute Gasteiger partial charge is 0.345 e. The predicted molar refractivity (Wildman–Crippen MR) is 123 cm³/mol. The second-order valence-electron chi connectivity index (χ2n) is 8.61. The number of aryl methyl sites for hydroxylation is 1. The summed E-state index contributed by atoms with van der Waals surface area (Å²) in [6.45, 7) is 2.03. The van der Waals surface area contributed by atoms with E-state index in [0.717, 1.165) is 41.5 Å². The number of benzene rings is 2. The van der Waals surface area contributed by atoms with Crippen LogP contribution in [0.25, 0.3) is 11.1 Å². The summed E-state index contributed by atoms with van der Waals surface area (Å²) in [4.78, 5) is 15.6. The van der Waals surface area contributed by atoms with Gasteiger partial charge in [0.05, 0.1) is 0 Å². The molecule has 0 unspecified atom stereocenters. The number of sulfonamides is 1. The highest BCUT2D eigenvalue weighted by molar-refractivity contribution is 7.89. The smallest absolute Gasteiger partial charge is 0.271 e. The average Bonchev–Trinajstić information content (AvgIpc) is 3.13. The normalized spacial score (nSPS) is 16.8. The minimum atomic E-state index is -3.59. The van der Waals surface area contributed by atoms with Crippen molar-refractivity contribution in [2.24, 2.45) is 7.05 Å². The van der Waals surface area contributed by atoms with Crippen molar-refractivity contribution in [1.29, 1.82) is 0 Å². The van der Waals surface area contributed by atoms with Gasteiger partial charge in [0.15, 0.2) is 0 Å². The predicted octanol–water partition coefficient (Wildman–Crippen LogP) is 4.02. The maximum Gasteiger partial charge on any atom is 0.271 e. The molecule has 0 aliphatic carbocycles. The molecule has 0 bridgehead atoms. The van der Waals surface area contributed by atoms with Crippen LogP contribution in [0.3, 0.4) is 0 Å². The number of rotatable bonds is 3. The van der Waals surface area contributed by atoms with Gasteiger partial charge >= 0.3 is 0 Å². The third kappa shape index (κ3) is 3.65. The summed E-state index contributed by atoms with van der Waals surface area (Å²) in [5.41, 5.74) is 4.83. The minimum Gasteiger partial charge on any atom is -0.345 e. The lowest BCUT2D eigenvalue weighted by atomic mass is 9.97. The first-order valence-corrected chi connectivity index (χ1v) is 12.5. The first-order valence-electron chi connectivity index (χ1n) is 11.1. The summed E-state index contributed by atoms with van der Waals surface area (Å²) >= 11 is 0. The van der Waals surface area contributed by atoms with Crippen molar-refractivity contribution in [1.82, 2.24) is 13.8 Å². The Morgan fingerprint density at radius 1 is 0.844 bits per heavy atom. The minimum absolute atomic E-state index is 0.167. The van der Waals surface area contributed by atoms with Crippen molar-refractivity contribution in [3.05, 3.63) is 77.6 Å². The molecule has 3 aromatic rings. The van der Waals surface area contributed by atoms with Crippen LogP contribution in [-0.4, -0.2) is 41.2 Å². The molecule has 0 saturated carbocycles. The molecule has 6 nitrogen and oxygen atoms in total. The van der Waals surface area contributed by atoms with Gasteiger partial charge in [-0.2, -0.15) is 4.31 Å². The van der Waals surface area contributed by atoms with E-state index in [1.807, 2.05) is 24.3 Å².